The number of aromatic nitrogens is 1. The Morgan fingerprint density at radius 1 is 1.21 bits per heavy atom. The first-order valence-electron chi connectivity index (χ1n) is 12.8. The van der Waals surface area contributed by atoms with Crippen molar-refractivity contribution >= 4 is 17.7 Å². The van der Waals surface area contributed by atoms with Gasteiger partial charge in [-0.2, -0.15) is 0 Å². The molecule has 3 rings (SSSR count). The minimum atomic E-state index is -0.948. The van der Waals surface area contributed by atoms with Gasteiger partial charge in [0.05, 0.1) is 19.2 Å². The van der Waals surface area contributed by atoms with E-state index in [1.165, 1.54) is 0 Å². The van der Waals surface area contributed by atoms with Gasteiger partial charge in [0, 0.05) is 44.0 Å². The van der Waals surface area contributed by atoms with Crippen LogP contribution in [0.25, 0.3) is 0 Å². The number of carbonyl (C=O) groups excluding carboxylic acids is 2. The number of Topliss-reactive ketones (excluding diaryl/α,β-unsaturated/α-hetero) is 1. The summed E-state index contributed by atoms with van der Waals surface area (Å²) in [4.78, 5) is 43.6. The molecule has 34 heavy (non-hydrogen) atoms. The predicted octanol–water partition coefficient (Wildman–Crippen LogP) is 3.41. The molecule has 1 amide bonds. The number of likely N-dealkylation sites (tertiary alicyclic amines) is 1. The van der Waals surface area contributed by atoms with Crippen molar-refractivity contribution < 1.29 is 24.2 Å². The molecule has 2 aliphatic rings. The van der Waals surface area contributed by atoms with Crippen LogP contribution < -0.4 is 10.1 Å². The van der Waals surface area contributed by atoms with Gasteiger partial charge in [-0.25, -0.2) is 0 Å². The molecule has 1 aromatic rings. The number of hydrogen-bond acceptors (Lipinski definition) is 6. The van der Waals surface area contributed by atoms with Crippen molar-refractivity contribution in [2.45, 2.75) is 70.6 Å². The van der Waals surface area contributed by atoms with E-state index in [9.17, 15) is 19.5 Å². The first kappa shape index (κ1) is 26.1. The number of amides is 1. The number of piperidine rings is 2. The van der Waals surface area contributed by atoms with E-state index < -0.39 is 11.9 Å². The highest BCUT2D eigenvalue weighted by Gasteiger charge is 2.31. The van der Waals surface area contributed by atoms with E-state index in [0.717, 1.165) is 51.6 Å². The van der Waals surface area contributed by atoms with Crippen molar-refractivity contribution in [2.75, 3.05) is 32.8 Å². The molecule has 0 radical (unpaired) electrons. The largest absolute Gasteiger partial charge is 0.492 e. The molecule has 3 heterocycles. The van der Waals surface area contributed by atoms with Crippen LogP contribution in [0.2, 0.25) is 0 Å². The zero-order chi connectivity index (χ0) is 24.3. The highest BCUT2D eigenvalue weighted by atomic mass is 16.5. The van der Waals surface area contributed by atoms with Crippen LogP contribution in [0.5, 0.6) is 5.75 Å². The third-order valence-electron chi connectivity index (χ3n) is 7.00. The molecule has 0 aliphatic carbocycles. The quantitative estimate of drug-likeness (QED) is 0.479. The normalized spacial score (nSPS) is 20.0. The van der Waals surface area contributed by atoms with Gasteiger partial charge in [0.25, 0.3) is 0 Å². The van der Waals surface area contributed by atoms with Crippen LogP contribution in [-0.2, 0) is 14.4 Å². The number of carbonyl (C=O) groups is 3. The third kappa shape index (κ3) is 8.08. The molecule has 0 spiro atoms. The zero-order valence-electron chi connectivity index (χ0n) is 20.3. The Morgan fingerprint density at radius 2 is 2.00 bits per heavy atom. The van der Waals surface area contributed by atoms with Crippen LogP contribution in [0.1, 0.15) is 76.2 Å². The van der Waals surface area contributed by atoms with Gasteiger partial charge in [0.1, 0.15) is 11.5 Å². The van der Waals surface area contributed by atoms with E-state index >= 15 is 0 Å². The number of aliphatic carboxylic acids is 1. The molecule has 0 unspecified atom stereocenters. The molecule has 2 N–H and O–H groups in total. The number of pyridine rings is 1. The molecular formula is C26H39N3O5. The summed E-state index contributed by atoms with van der Waals surface area (Å²) in [5.74, 6) is -0.282. The van der Waals surface area contributed by atoms with E-state index in [1.54, 1.807) is 18.5 Å². The number of hydrogen-bond donors (Lipinski definition) is 2. The van der Waals surface area contributed by atoms with Crippen molar-refractivity contribution in [2.24, 2.45) is 11.8 Å². The lowest BCUT2D eigenvalue weighted by Crippen LogP contribution is -2.42. The highest BCUT2D eigenvalue weighted by Crippen LogP contribution is 2.30. The first-order chi connectivity index (χ1) is 16.5. The number of nitrogens with zero attached hydrogens (tertiary/aromatic N) is 2. The van der Waals surface area contributed by atoms with Gasteiger partial charge in [-0.15, -0.1) is 0 Å². The number of carboxylic acids is 1. The maximum atomic E-state index is 13.2. The number of ketones is 1. The van der Waals surface area contributed by atoms with Crippen molar-refractivity contribution in [3.05, 3.63) is 24.0 Å². The Morgan fingerprint density at radius 3 is 2.74 bits per heavy atom. The van der Waals surface area contributed by atoms with Crippen LogP contribution in [0.15, 0.2) is 18.5 Å². The third-order valence-corrected chi connectivity index (χ3v) is 7.00. The van der Waals surface area contributed by atoms with Crippen molar-refractivity contribution in [1.29, 1.82) is 0 Å². The maximum absolute atomic E-state index is 13.2. The van der Waals surface area contributed by atoms with E-state index in [4.69, 9.17) is 4.74 Å². The smallest absolute Gasteiger partial charge is 0.303 e. The fourth-order valence-electron chi connectivity index (χ4n) is 5.01. The van der Waals surface area contributed by atoms with E-state index in [1.807, 2.05) is 11.8 Å². The molecule has 8 heteroatoms. The fraction of sp³-hybridized carbons (Fsp3) is 0.692. The molecule has 2 saturated heterocycles. The standard InChI is InChI=1S/C26H39N3O5/c1-2-12-34-23-13-22(16-28-17-23)21(15-26(32)33)14-24(30)20-4-3-11-29(18-20)25(31)6-5-19-7-9-27-10-8-19/h13,16-17,19-21,27H,2-12,14-15,18H2,1H3,(H,32,33)/t20-,21+/m1/s1. The average Bonchev–Trinajstić information content (AvgIpc) is 2.86. The molecule has 2 fully saturated rings. The zero-order valence-corrected chi connectivity index (χ0v) is 20.3. The summed E-state index contributed by atoms with van der Waals surface area (Å²) >= 11 is 0. The van der Waals surface area contributed by atoms with Crippen LogP contribution in [-0.4, -0.2) is 65.4 Å². The van der Waals surface area contributed by atoms with Gasteiger partial charge in [0.15, 0.2) is 0 Å². The number of nitrogens with one attached hydrogen (secondary N) is 1. The van der Waals surface area contributed by atoms with Crippen LogP contribution in [0.3, 0.4) is 0 Å². The lowest BCUT2D eigenvalue weighted by Gasteiger charge is -2.33. The highest BCUT2D eigenvalue weighted by molar-refractivity contribution is 5.84. The van der Waals surface area contributed by atoms with Gasteiger partial charge < -0.3 is 20.1 Å². The summed E-state index contributed by atoms with van der Waals surface area (Å²) in [6, 6.07) is 1.79. The Kier molecular flexibility index (Phi) is 10.3. The Labute approximate surface area is 202 Å². The molecule has 1 aromatic heterocycles. The fourth-order valence-corrected chi connectivity index (χ4v) is 5.01. The minimum Gasteiger partial charge on any atom is -0.492 e. The molecule has 0 aromatic carbocycles. The van der Waals surface area contributed by atoms with Crippen LogP contribution in [0.4, 0.5) is 0 Å². The lowest BCUT2D eigenvalue weighted by atomic mass is 9.84. The van der Waals surface area contributed by atoms with E-state index in [0.29, 0.717) is 43.3 Å². The molecule has 188 valence electrons. The van der Waals surface area contributed by atoms with Crippen molar-refractivity contribution in [1.82, 2.24) is 15.2 Å². The first-order valence-corrected chi connectivity index (χ1v) is 12.8. The summed E-state index contributed by atoms with van der Waals surface area (Å²) in [6.07, 6.45) is 9.33. The van der Waals surface area contributed by atoms with Crippen molar-refractivity contribution in [3.63, 3.8) is 0 Å². The van der Waals surface area contributed by atoms with Crippen molar-refractivity contribution in [3.8, 4) is 5.75 Å². The second kappa shape index (κ2) is 13.4. The Bertz CT molecular complexity index is 824. The summed E-state index contributed by atoms with van der Waals surface area (Å²) in [6.45, 7) is 5.77. The maximum Gasteiger partial charge on any atom is 0.303 e. The number of ether oxygens (including phenoxy) is 1. The topological polar surface area (TPSA) is 109 Å². The predicted molar refractivity (Wildman–Crippen MR) is 129 cm³/mol. The lowest BCUT2D eigenvalue weighted by molar-refractivity contribution is -0.137. The summed E-state index contributed by atoms with van der Waals surface area (Å²) in [5.41, 5.74) is 0.704. The molecule has 0 bridgehead atoms. The monoisotopic (exact) mass is 473 g/mol. The Balaban J connectivity index is 1.57. The second-order valence-electron chi connectivity index (χ2n) is 9.68. The average molecular weight is 474 g/mol. The number of rotatable bonds is 12. The summed E-state index contributed by atoms with van der Waals surface area (Å²) in [7, 11) is 0. The van der Waals surface area contributed by atoms with Gasteiger partial charge in [0.2, 0.25) is 5.91 Å². The van der Waals surface area contributed by atoms with Crippen LogP contribution >= 0.6 is 0 Å². The SMILES string of the molecule is CCCOc1cncc([C@H](CC(=O)O)CC(=O)[C@@H]2CCCN(C(=O)CCC3CCNCC3)C2)c1. The van der Waals surface area contributed by atoms with Gasteiger partial charge >= 0.3 is 5.97 Å². The Hall–Kier alpha value is -2.48. The van der Waals surface area contributed by atoms with Gasteiger partial charge in [-0.1, -0.05) is 6.92 Å². The van der Waals surface area contributed by atoms with Gasteiger partial charge in [-0.05, 0) is 69.2 Å². The minimum absolute atomic E-state index is 0.0296. The van der Waals surface area contributed by atoms with Crippen LogP contribution in [0, 0.1) is 11.8 Å². The molecule has 2 atom stereocenters. The molecule has 8 nitrogen and oxygen atoms in total. The van der Waals surface area contributed by atoms with Gasteiger partial charge in [-0.3, -0.25) is 19.4 Å². The molecule has 2 aliphatic heterocycles. The van der Waals surface area contributed by atoms with E-state index in [-0.39, 0.29) is 30.4 Å². The number of carboxylic acid groups (broad SMARTS) is 1. The molecule has 0 saturated carbocycles. The second-order valence-corrected chi connectivity index (χ2v) is 9.68. The summed E-state index contributed by atoms with van der Waals surface area (Å²) in [5, 5.41) is 12.8. The molecular weight excluding hydrogens is 434 g/mol. The summed E-state index contributed by atoms with van der Waals surface area (Å²) < 4.78 is 5.64. The van der Waals surface area contributed by atoms with E-state index in [2.05, 4.69) is 10.3 Å².